The van der Waals surface area contributed by atoms with Gasteiger partial charge in [-0.3, -0.25) is 9.59 Å². The number of hydrogen-bond acceptors (Lipinski definition) is 16. The van der Waals surface area contributed by atoms with E-state index in [1.165, 1.54) is 0 Å². The highest BCUT2D eigenvalue weighted by Gasteiger charge is 2.68. The number of dihydropyridines is 1. The molecule has 17 atom stereocenters. The van der Waals surface area contributed by atoms with E-state index in [9.17, 15) is 34.8 Å². The van der Waals surface area contributed by atoms with Crippen LogP contribution in [0.25, 0.3) is 11.0 Å². The number of nitrogens with one attached hydrogen (secondary N) is 2. The van der Waals surface area contributed by atoms with Crippen molar-refractivity contribution in [2.45, 2.75) is 163 Å². The summed E-state index contributed by atoms with van der Waals surface area (Å²) in [7, 11) is 5.27. The number of carbonyl (C=O) groups excluding carboxylic acids is 3. The number of fused-ring (bicyclic) bond motifs is 8. The van der Waals surface area contributed by atoms with Crippen molar-refractivity contribution in [3.05, 3.63) is 110 Å². The number of aliphatic hydroxyl groups is 4. The van der Waals surface area contributed by atoms with E-state index in [4.69, 9.17) is 19.6 Å². The van der Waals surface area contributed by atoms with Crippen molar-refractivity contribution in [1.29, 1.82) is 0 Å². The van der Waals surface area contributed by atoms with Crippen molar-refractivity contribution < 1.29 is 48.7 Å². The van der Waals surface area contributed by atoms with Gasteiger partial charge in [0.15, 0.2) is 17.0 Å². The van der Waals surface area contributed by atoms with Crippen LogP contribution in [0.5, 0.6) is 5.75 Å². The molecular weight excluding hydrogens is 1050 g/mol. The number of ether oxygens (including phenoxy) is 2. The fraction of sp³-hybridized carbons (Fsp3) is 0.619. The summed E-state index contributed by atoms with van der Waals surface area (Å²) in [6.45, 7) is 5.32. The minimum absolute atomic E-state index is 0.0391. The van der Waals surface area contributed by atoms with Crippen LogP contribution in [0.4, 0.5) is 0 Å². The quantitative estimate of drug-likeness (QED) is 0.0395. The topological polar surface area (TPSA) is 234 Å². The molecule has 10 aliphatic rings. The summed E-state index contributed by atoms with van der Waals surface area (Å²) in [5, 5.41) is 53.0. The van der Waals surface area contributed by atoms with Crippen LogP contribution in [0.1, 0.15) is 115 Å². The molecule has 6 aliphatic carbocycles. The van der Waals surface area contributed by atoms with E-state index in [0.29, 0.717) is 65.5 Å². The van der Waals surface area contributed by atoms with Crippen molar-refractivity contribution in [2.75, 3.05) is 32.6 Å². The van der Waals surface area contributed by atoms with Gasteiger partial charge in [-0.05, 0) is 137 Å². The monoisotopic (exact) mass is 1130 g/mol. The lowest BCUT2D eigenvalue weighted by Gasteiger charge is -2.62. The fourth-order valence-electron chi connectivity index (χ4n) is 17.4. The largest absolute Gasteiger partial charge is 0.481 e. The van der Waals surface area contributed by atoms with Crippen molar-refractivity contribution in [3.8, 4) is 5.75 Å². The van der Waals surface area contributed by atoms with Crippen LogP contribution in [0.2, 0.25) is 0 Å². The van der Waals surface area contributed by atoms with E-state index >= 15 is 4.79 Å². The number of carbonyl (C=O) groups is 3. The molecule has 2 aromatic rings. The zero-order valence-corrected chi connectivity index (χ0v) is 48.2. The molecule has 4 aliphatic heterocycles. The van der Waals surface area contributed by atoms with Gasteiger partial charge < -0.3 is 55.6 Å². The summed E-state index contributed by atoms with van der Waals surface area (Å²) in [6, 6.07) is 5.38. The highest BCUT2D eigenvalue weighted by Crippen LogP contribution is 2.61. The van der Waals surface area contributed by atoms with Crippen LogP contribution in [0, 0.1) is 47.3 Å². The number of nitrogens with two attached hydrogens (primary N) is 1. The van der Waals surface area contributed by atoms with Crippen molar-refractivity contribution >= 4 is 50.2 Å². The molecular formula is C63H80N4O11S2. The predicted octanol–water partition coefficient (Wildman–Crippen LogP) is 7.00. The number of nitrogens with zero attached hydrogens (tertiary/aromatic N) is 1. The van der Waals surface area contributed by atoms with E-state index in [-0.39, 0.29) is 103 Å². The third-order valence-corrected chi connectivity index (χ3v) is 24.1. The van der Waals surface area contributed by atoms with E-state index in [1.807, 2.05) is 49.2 Å². The SMILES string of the molecule is C/C=C(\CCO)C(=O)O[C@]1(C)[C@H](CO)C=C2CSS[C@H]3C[C@@H]4C(=O)C=C[C@H]5[C@@H]([C@@H]4NC)[C@@H]3N5C(=O)CC3=C(C=C(N)NC3)[C@@H]2[C@]12Cc1cc3cc([C@@]45CCCC[C@@H]4CC[C@H](O)[C@H]5CC[C@H](O)[C@H]4C=CC[C@H](C)C4)c(=O)oc3cc1O2. The smallest absolute Gasteiger partial charge is 0.340 e. The molecule has 1 spiro atoms. The summed E-state index contributed by atoms with van der Waals surface area (Å²) in [6.07, 6.45) is 21.2. The standard InChI is InChI=1S/C63H80N4O11S2/c1-5-34(18-20-68)59(74)78-61(3)41(31-69)23-39-32-79-80-52-26-43-48(71)17-14-46-55(57(43)65-4)58(52)67(46)54(73)25-38-30-66-53(64)27-42(38)56(39)63(61)29-37-22-36-24-45(60(75)76-50(36)28-51(37)77-63)62-19-7-6-11-40(62)12-15-49(72)44(62)13-16-47(70)35-10-8-9-33(2)21-35/h5,8,10,14,17,22-24,27-28,33,35,40-41,43-44,46-47,49,52,55-58,65-66,68-70,72H,6-7,9,11-13,15-16,18-21,25-26,29-32,64H2,1-4H3/b34-5+/t33-,35-,40+,41-,43+,44+,46-,47-,49-,52-,55-,56+,57+,58+,61+,62-,63+/m0/s1. The van der Waals surface area contributed by atoms with E-state index < -0.39 is 58.9 Å². The van der Waals surface area contributed by atoms with Crippen LogP contribution in [-0.2, 0) is 31.0 Å². The van der Waals surface area contributed by atoms with E-state index in [2.05, 4.69) is 29.7 Å². The normalized spacial score (nSPS) is 38.7. The van der Waals surface area contributed by atoms with Crippen LogP contribution in [-0.4, -0.2) is 122 Å². The zero-order chi connectivity index (χ0) is 56.0. The molecule has 1 aromatic heterocycles. The molecule has 2 bridgehead atoms. The second-order valence-electron chi connectivity index (χ2n) is 25.3. The Labute approximate surface area is 476 Å². The highest BCUT2D eigenvalue weighted by atomic mass is 33.1. The third-order valence-electron chi connectivity index (χ3n) is 21.3. The molecule has 12 rings (SSSR count). The van der Waals surface area contributed by atoms with E-state index in [0.717, 1.165) is 67.2 Å². The van der Waals surface area contributed by atoms with Crippen LogP contribution in [0.15, 0.2) is 98.1 Å². The fourth-order valence-corrected chi connectivity index (χ4v) is 20.5. The summed E-state index contributed by atoms with van der Waals surface area (Å²) in [4.78, 5) is 60.6. The maximum absolute atomic E-state index is 15.2. The lowest BCUT2D eigenvalue weighted by Crippen LogP contribution is -2.75. The number of aliphatic hydroxyl groups excluding tert-OH is 4. The minimum atomic E-state index is -1.61. The average molecular weight is 1130 g/mol. The first-order valence-corrected chi connectivity index (χ1v) is 32.0. The number of allylic oxidation sites excluding steroid dienone is 4. The third kappa shape index (κ3) is 9.03. The molecule has 5 heterocycles. The summed E-state index contributed by atoms with van der Waals surface area (Å²) >= 11 is 0. The molecule has 0 unspecified atom stereocenters. The number of rotatable bonds is 11. The van der Waals surface area contributed by atoms with Gasteiger partial charge in [0.25, 0.3) is 0 Å². The Kier molecular flexibility index (Phi) is 15.3. The molecule has 80 heavy (non-hydrogen) atoms. The number of amides is 1. The van der Waals surface area contributed by atoms with Gasteiger partial charge in [0.05, 0.1) is 49.1 Å². The first-order chi connectivity index (χ1) is 38.6. The van der Waals surface area contributed by atoms with Gasteiger partial charge in [0.2, 0.25) is 5.91 Å². The van der Waals surface area contributed by atoms with Gasteiger partial charge in [-0.15, -0.1) is 0 Å². The lowest BCUT2D eigenvalue weighted by molar-refractivity contribution is -0.202. The maximum atomic E-state index is 15.2. The van der Waals surface area contributed by atoms with Gasteiger partial charge in [0, 0.05) is 94.7 Å². The number of esters is 1. The summed E-state index contributed by atoms with van der Waals surface area (Å²) in [5.74, 6) is -0.612. The number of ketones is 1. The molecule has 4 fully saturated rings. The lowest BCUT2D eigenvalue weighted by atomic mass is 9.50. The number of benzene rings is 1. The Bertz CT molecular complexity index is 3080. The van der Waals surface area contributed by atoms with Gasteiger partial charge in [-0.1, -0.05) is 77.3 Å². The molecule has 0 radical (unpaired) electrons. The van der Waals surface area contributed by atoms with Crippen LogP contribution in [0.3, 0.4) is 0 Å². The summed E-state index contributed by atoms with van der Waals surface area (Å²) < 4.78 is 20.9. The Balaban J connectivity index is 0.982. The predicted molar refractivity (Wildman–Crippen MR) is 309 cm³/mol. The Morgan fingerprint density at radius 1 is 1.11 bits per heavy atom. The maximum Gasteiger partial charge on any atom is 0.340 e. The molecule has 3 saturated carbocycles. The molecule has 15 nitrogen and oxygen atoms in total. The molecule has 1 amide bonds. The second kappa shape index (κ2) is 21.9. The molecule has 430 valence electrons. The Morgan fingerprint density at radius 2 is 1.95 bits per heavy atom. The molecule has 17 heteroatoms. The van der Waals surface area contributed by atoms with Crippen molar-refractivity contribution in [3.63, 3.8) is 0 Å². The minimum Gasteiger partial charge on any atom is -0.481 e. The Morgan fingerprint density at radius 3 is 2.73 bits per heavy atom. The van der Waals surface area contributed by atoms with Crippen LogP contribution >= 0.6 is 21.6 Å². The first-order valence-electron chi connectivity index (χ1n) is 29.6. The van der Waals surface area contributed by atoms with Gasteiger partial charge >= 0.3 is 11.6 Å². The molecule has 1 saturated heterocycles. The highest BCUT2D eigenvalue weighted by molar-refractivity contribution is 8.77. The number of hydrogen-bond donors (Lipinski definition) is 7. The molecule has 1 aromatic carbocycles. The van der Waals surface area contributed by atoms with Gasteiger partial charge in [0.1, 0.15) is 11.3 Å². The van der Waals surface area contributed by atoms with Crippen molar-refractivity contribution in [1.82, 2.24) is 15.5 Å². The van der Waals surface area contributed by atoms with E-state index in [1.54, 1.807) is 46.7 Å². The van der Waals surface area contributed by atoms with Gasteiger partial charge in [-0.25, -0.2) is 9.59 Å². The second-order valence-corrected chi connectivity index (χ2v) is 27.9. The average Bonchev–Trinajstić information content (AvgIpc) is 4.03. The summed E-state index contributed by atoms with van der Waals surface area (Å²) in [5.41, 5.74) is 6.91. The van der Waals surface area contributed by atoms with Gasteiger partial charge in [-0.2, -0.15) is 0 Å². The Hall–Kier alpha value is -4.62. The zero-order valence-electron chi connectivity index (χ0n) is 46.6. The first kappa shape index (κ1) is 55.9. The van der Waals surface area contributed by atoms with Crippen LogP contribution < -0.4 is 26.7 Å². The molecule has 8 N–H and O–H groups in total. The van der Waals surface area contributed by atoms with Crippen molar-refractivity contribution in [2.24, 2.45) is 53.1 Å².